The van der Waals surface area contributed by atoms with Crippen molar-refractivity contribution in [2.24, 2.45) is 5.92 Å². The average Bonchev–Trinajstić information content (AvgIpc) is 2.82. The maximum Gasteiger partial charge on any atom is 0.232 e. The number of carbonyl (C=O) groups excluding carboxylic acids is 4. The molecule has 26 heavy (non-hydrogen) atoms. The Balaban J connectivity index is 1.92. The minimum atomic E-state index is -0.247. The zero-order chi connectivity index (χ0) is 19.4. The van der Waals surface area contributed by atoms with E-state index >= 15 is 0 Å². The van der Waals surface area contributed by atoms with Gasteiger partial charge < -0.3 is 20.1 Å². The standard InChI is InChI=1S/C17H29N3O6/c1-13-12-16(23)20(17(13)24)7-3-4-15(22)19-6-9-26-11-10-25-8-5-18-14(2)21/h13H,3-12H2,1-2H3,(H,18,21)(H,19,22). The largest absolute Gasteiger partial charge is 0.377 e. The number of ether oxygens (including phenoxy) is 2. The topological polar surface area (TPSA) is 114 Å². The van der Waals surface area contributed by atoms with Gasteiger partial charge in [0.25, 0.3) is 0 Å². The third kappa shape index (κ3) is 8.91. The molecular formula is C17H29N3O6. The normalized spacial score (nSPS) is 16.8. The third-order valence-corrected chi connectivity index (χ3v) is 3.82. The molecule has 4 amide bonds. The monoisotopic (exact) mass is 371 g/mol. The zero-order valence-electron chi connectivity index (χ0n) is 15.5. The quantitative estimate of drug-likeness (QED) is 0.332. The highest BCUT2D eigenvalue weighted by molar-refractivity contribution is 6.03. The summed E-state index contributed by atoms with van der Waals surface area (Å²) >= 11 is 0. The Hall–Kier alpha value is -2.00. The first-order chi connectivity index (χ1) is 12.4. The summed E-state index contributed by atoms with van der Waals surface area (Å²) in [6.45, 7) is 5.98. The second-order valence-corrected chi connectivity index (χ2v) is 6.15. The van der Waals surface area contributed by atoms with Gasteiger partial charge in [0.2, 0.25) is 23.6 Å². The predicted octanol–water partition coefficient (Wildman–Crippen LogP) is -0.553. The molecule has 1 saturated heterocycles. The van der Waals surface area contributed by atoms with Crippen LogP contribution in [0, 0.1) is 5.92 Å². The fourth-order valence-corrected chi connectivity index (χ4v) is 2.45. The SMILES string of the molecule is CC(=O)NCCOCCOCCNC(=O)CCCN1C(=O)CC(C)C1=O. The molecule has 1 fully saturated rings. The fourth-order valence-electron chi connectivity index (χ4n) is 2.45. The molecule has 1 aliphatic rings. The van der Waals surface area contributed by atoms with Crippen LogP contribution in [-0.2, 0) is 28.7 Å². The van der Waals surface area contributed by atoms with Crippen LogP contribution >= 0.6 is 0 Å². The lowest BCUT2D eigenvalue weighted by Gasteiger charge is -2.14. The second kappa shape index (κ2) is 12.4. The van der Waals surface area contributed by atoms with Crippen molar-refractivity contribution in [3.8, 4) is 0 Å². The number of nitrogens with one attached hydrogen (secondary N) is 2. The highest BCUT2D eigenvalue weighted by Crippen LogP contribution is 2.18. The molecule has 148 valence electrons. The maximum atomic E-state index is 11.7. The van der Waals surface area contributed by atoms with Gasteiger partial charge in [-0.15, -0.1) is 0 Å². The number of imide groups is 1. The van der Waals surface area contributed by atoms with Gasteiger partial charge in [-0.25, -0.2) is 0 Å². The molecule has 9 heteroatoms. The Morgan fingerprint density at radius 1 is 1.08 bits per heavy atom. The van der Waals surface area contributed by atoms with Crippen molar-refractivity contribution in [3.05, 3.63) is 0 Å². The molecule has 1 atom stereocenters. The Labute approximate surface area is 153 Å². The van der Waals surface area contributed by atoms with Crippen molar-refractivity contribution in [2.45, 2.75) is 33.1 Å². The molecule has 0 aromatic rings. The molecule has 0 aliphatic carbocycles. The van der Waals surface area contributed by atoms with Crippen LogP contribution < -0.4 is 10.6 Å². The van der Waals surface area contributed by atoms with Gasteiger partial charge in [-0.3, -0.25) is 24.1 Å². The van der Waals surface area contributed by atoms with Crippen LogP contribution in [0.4, 0.5) is 0 Å². The molecule has 2 N–H and O–H groups in total. The molecule has 1 unspecified atom stereocenters. The van der Waals surface area contributed by atoms with E-state index in [2.05, 4.69) is 10.6 Å². The molecule has 1 heterocycles. The first-order valence-electron chi connectivity index (χ1n) is 8.92. The number of likely N-dealkylation sites (tertiary alicyclic amines) is 1. The summed E-state index contributed by atoms with van der Waals surface area (Å²) in [5.41, 5.74) is 0. The number of amides is 4. The minimum Gasteiger partial charge on any atom is -0.377 e. The summed E-state index contributed by atoms with van der Waals surface area (Å²) in [6.07, 6.45) is 0.982. The van der Waals surface area contributed by atoms with Gasteiger partial charge in [-0.1, -0.05) is 6.92 Å². The summed E-state index contributed by atoms with van der Waals surface area (Å²) < 4.78 is 10.6. The number of nitrogens with zero attached hydrogens (tertiary/aromatic N) is 1. The van der Waals surface area contributed by atoms with E-state index in [1.54, 1.807) is 6.92 Å². The zero-order valence-corrected chi connectivity index (χ0v) is 15.5. The van der Waals surface area contributed by atoms with Crippen LogP contribution in [-0.4, -0.2) is 74.6 Å². The molecule has 0 radical (unpaired) electrons. The Morgan fingerprint density at radius 2 is 1.69 bits per heavy atom. The number of hydrogen-bond donors (Lipinski definition) is 2. The van der Waals surface area contributed by atoms with Gasteiger partial charge in [0.1, 0.15) is 0 Å². The van der Waals surface area contributed by atoms with Crippen molar-refractivity contribution < 1.29 is 28.7 Å². The highest BCUT2D eigenvalue weighted by Gasteiger charge is 2.34. The maximum absolute atomic E-state index is 11.7. The number of carbonyl (C=O) groups is 4. The van der Waals surface area contributed by atoms with E-state index in [0.717, 1.165) is 0 Å². The van der Waals surface area contributed by atoms with E-state index < -0.39 is 0 Å². The van der Waals surface area contributed by atoms with Crippen LogP contribution in [0.25, 0.3) is 0 Å². The molecule has 0 aromatic heterocycles. The Kier molecular flexibility index (Phi) is 10.5. The van der Waals surface area contributed by atoms with Crippen LogP contribution in [0.3, 0.4) is 0 Å². The van der Waals surface area contributed by atoms with Crippen LogP contribution in [0.2, 0.25) is 0 Å². The Morgan fingerprint density at radius 3 is 2.23 bits per heavy atom. The van der Waals surface area contributed by atoms with Crippen LogP contribution in [0.1, 0.15) is 33.1 Å². The number of rotatable bonds is 13. The summed E-state index contributed by atoms with van der Waals surface area (Å²) in [4.78, 5) is 46.9. The minimum absolute atomic E-state index is 0.0891. The fraction of sp³-hybridized carbons (Fsp3) is 0.765. The van der Waals surface area contributed by atoms with Crippen molar-refractivity contribution in [1.29, 1.82) is 0 Å². The third-order valence-electron chi connectivity index (χ3n) is 3.82. The van der Waals surface area contributed by atoms with Gasteiger partial charge in [0, 0.05) is 45.3 Å². The van der Waals surface area contributed by atoms with Crippen molar-refractivity contribution in [1.82, 2.24) is 15.5 Å². The summed E-state index contributed by atoms with van der Waals surface area (Å²) in [6, 6.07) is 0. The Bertz CT molecular complexity index is 497. The molecule has 0 spiro atoms. The van der Waals surface area contributed by atoms with E-state index in [4.69, 9.17) is 9.47 Å². The van der Waals surface area contributed by atoms with Gasteiger partial charge >= 0.3 is 0 Å². The average molecular weight is 371 g/mol. The van der Waals surface area contributed by atoms with E-state index in [9.17, 15) is 19.2 Å². The lowest BCUT2D eigenvalue weighted by molar-refractivity contribution is -0.139. The lowest BCUT2D eigenvalue weighted by atomic mass is 10.1. The molecule has 0 bridgehead atoms. The molecule has 1 aliphatic heterocycles. The predicted molar refractivity (Wildman–Crippen MR) is 93.1 cm³/mol. The van der Waals surface area contributed by atoms with Gasteiger partial charge in [0.15, 0.2) is 0 Å². The van der Waals surface area contributed by atoms with E-state index in [1.165, 1.54) is 11.8 Å². The van der Waals surface area contributed by atoms with E-state index in [1.807, 2.05) is 0 Å². The highest BCUT2D eigenvalue weighted by atomic mass is 16.5. The van der Waals surface area contributed by atoms with Gasteiger partial charge in [-0.2, -0.15) is 0 Å². The molecular weight excluding hydrogens is 342 g/mol. The van der Waals surface area contributed by atoms with Crippen LogP contribution in [0.5, 0.6) is 0 Å². The van der Waals surface area contributed by atoms with Gasteiger partial charge in [-0.05, 0) is 6.42 Å². The summed E-state index contributed by atoms with van der Waals surface area (Å²) in [7, 11) is 0. The van der Waals surface area contributed by atoms with E-state index in [-0.39, 0.29) is 42.4 Å². The molecule has 0 aromatic carbocycles. The molecule has 1 rings (SSSR count). The van der Waals surface area contributed by atoms with E-state index in [0.29, 0.717) is 52.5 Å². The van der Waals surface area contributed by atoms with Crippen molar-refractivity contribution >= 4 is 23.6 Å². The first-order valence-corrected chi connectivity index (χ1v) is 8.92. The van der Waals surface area contributed by atoms with Crippen molar-refractivity contribution in [2.75, 3.05) is 46.1 Å². The summed E-state index contributed by atoms with van der Waals surface area (Å²) in [5, 5.41) is 5.34. The second-order valence-electron chi connectivity index (χ2n) is 6.15. The smallest absolute Gasteiger partial charge is 0.232 e. The van der Waals surface area contributed by atoms with Crippen LogP contribution in [0.15, 0.2) is 0 Å². The van der Waals surface area contributed by atoms with Crippen molar-refractivity contribution in [3.63, 3.8) is 0 Å². The summed E-state index contributed by atoms with van der Waals surface area (Å²) in [5.74, 6) is -0.775. The molecule has 0 saturated carbocycles. The lowest BCUT2D eigenvalue weighted by Crippen LogP contribution is -2.33. The first kappa shape index (κ1) is 22.0. The molecule has 9 nitrogen and oxygen atoms in total. The number of hydrogen-bond acceptors (Lipinski definition) is 6. The van der Waals surface area contributed by atoms with Gasteiger partial charge in [0.05, 0.1) is 26.4 Å².